The molecule has 0 atom stereocenters. The van der Waals surface area contributed by atoms with E-state index < -0.39 is 11.6 Å². The van der Waals surface area contributed by atoms with Gasteiger partial charge in [0.15, 0.2) is 11.6 Å². The zero-order valence-corrected chi connectivity index (χ0v) is 20.4. The number of fused-ring (bicyclic) bond motifs is 1. The third kappa shape index (κ3) is 5.67. The van der Waals surface area contributed by atoms with Crippen molar-refractivity contribution in [1.82, 2.24) is 15.3 Å². The molecule has 180 valence electrons. The van der Waals surface area contributed by atoms with Crippen molar-refractivity contribution in [1.29, 1.82) is 0 Å². The number of benzene rings is 2. The van der Waals surface area contributed by atoms with Crippen LogP contribution >= 0.6 is 23.2 Å². The number of nitrogens with zero attached hydrogens (tertiary/aromatic N) is 3. The topological polar surface area (TPSA) is 70.2 Å². The van der Waals surface area contributed by atoms with Crippen LogP contribution in [0.1, 0.15) is 31.2 Å². The second-order valence-electron chi connectivity index (χ2n) is 8.74. The van der Waals surface area contributed by atoms with Crippen molar-refractivity contribution in [3.63, 3.8) is 0 Å². The molecule has 2 N–H and O–H groups in total. The molecule has 0 spiro atoms. The van der Waals surface area contributed by atoms with E-state index in [9.17, 15) is 13.6 Å². The van der Waals surface area contributed by atoms with Crippen LogP contribution in [-0.4, -0.2) is 36.0 Å². The molecule has 1 aromatic heterocycles. The summed E-state index contributed by atoms with van der Waals surface area (Å²) in [5.74, 6) is -1.11. The lowest BCUT2D eigenvalue weighted by Gasteiger charge is -2.28. The van der Waals surface area contributed by atoms with Crippen molar-refractivity contribution < 1.29 is 13.6 Å². The van der Waals surface area contributed by atoms with Crippen LogP contribution in [0, 0.1) is 17.6 Å². The summed E-state index contributed by atoms with van der Waals surface area (Å²) in [5.41, 5.74) is 1.18. The van der Waals surface area contributed by atoms with Gasteiger partial charge in [-0.15, -0.1) is 0 Å². The second-order valence-corrected chi connectivity index (χ2v) is 9.61. The smallest absolute Gasteiger partial charge is 0.225 e. The summed E-state index contributed by atoms with van der Waals surface area (Å²) in [4.78, 5) is 23.3. The molecule has 1 fully saturated rings. The number of halogens is 4. The van der Waals surface area contributed by atoms with Gasteiger partial charge in [0, 0.05) is 54.1 Å². The number of nitrogens with one attached hydrogen (secondary N) is 2. The fraction of sp³-hybridized carbons (Fsp3) is 0.375. The molecule has 0 saturated heterocycles. The maximum atomic E-state index is 13.8. The summed E-state index contributed by atoms with van der Waals surface area (Å²) in [5, 5.41) is 7.78. The Morgan fingerprint density at radius 3 is 2.29 bits per heavy atom. The number of carbonyl (C=O) groups is 1. The standard InChI is InChI=1S/C24H25Cl2F2N5O/c1-33(2)22-18-10-19(27)20(28)11-21(18)31-24(32-22)30-17-5-3-14(4-6-17)23(34)29-12-13-7-15(25)9-16(26)8-13/h7-11,14,17H,3-6,12H2,1-2H3,(H,29,34)(H,30,31,32). The Bertz CT molecular complexity index is 1200. The first kappa shape index (κ1) is 24.4. The Morgan fingerprint density at radius 1 is 1.00 bits per heavy atom. The average molecular weight is 508 g/mol. The summed E-state index contributed by atoms with van der Waals surface area (Å²) in [7, 11) is 3.57. The molecule has 1 heterocycles. The van der Waals surface area contributed by atoms with Crippen molar-refractivity contribution in [2.75, 3.05) is 24.3 Å². The molecule has 6 nitrogen and oxygen atoms in total. The van der Waals surface area contributed by atoms with E-state index in [0.717, 1.165) is 30.5 Å². The molecule has 1 aliphatic carbocycles. The Kier molecular flexibility index (Phi) is 7.38. The van der Waals surface area contributed by atoms with Crippen molar-refractivity contribution in [2.45, 2.75) is 38.3 Å². The highest BCUT2D eigenvalue weighted by Crippen LogP contribution is 2.30. The number of rotatable bonds is 6. The number of amides is 1. The molecular weight excluding hydrogens is 483 g/mol. The molecular formula is C24H25Cl2F2N5O. The van der Waals surface area contributed by atoms with E-state index in [0.29, 0.717) is 52.1 Å². The molecule has 1 aliphatic rings. The zero-order chi connectivity index (χ0) is 24.4. The first-order valence-electron chi connectivity index (χ1n) is 11.0. The Balaban J connectivity index is 1.37. The van der Waals surface area contributed by atoms with Gasteiger partial charge in [-0.3, -0.25) is 4.79 Å². The number of anilines is 2. The van der Waals surface area contributed by atoms with Crippen molar-refractivity contribution in [3.05, 3.63) is 57.6 Å². The summed E-state index contributed by atoms with van der Waals surface area (Å²) in [6, 6.07) is 7.48. The van der Waals surface area contributed by atoms with Crippen LogP contribution in [0.15, 0.2) is 30.3 Å². The number of aromatic nitrogens is 2. The van der Waals surface area contributed by atoms with Gasteiger partial charge in [-0.2, -0.15) is 4.98 Å². The molecule has 0 unspecified atom stereocenters. The van der Waals surface area contributed by atoms with E-state index in [4.69, 9.17) is 23.2 Å². The summed E-state index contributed by atoms with van der Waals surface area (Å²) < 4.78 is 27.5. The van der Waals surface area contributed by atoms with Gasteiger partial charge < -0.3 is 15.5 Å². The minimum Gasteiger partial charge on any atom is -0.362 e. The molecule has 2 aromatic carbocycles. The molecule has 10 heteroatoms. The maximum Gasteiger partial charge on any atom is 0.225 e. The van der Waals surface area contributed by atoms with Gasteiger partial charge in [0.25, 0.3) is 0 Å². The molecule has 34 heavy (non-hydrogen) atoms. The molecule has 4 rings (SSSR count). The van der Waals surface area contributed by atoms with Crippen LogP contribution in [0.5, 0.6) is 0 Å². The zero-order valence-electron chi connectivity index (χ0n) is 18.8. The van der Waals surface area contributed by atoms with E-state index in [1.54, 1.807) is 37.2 Å². The lowest BCUT2D eigenvalue weighted by Crippen LogP contribution is -2.36. The quantitative estimate of drug-likeness (QED) is 0.456. The van der Waals surface area contributed by atoms with Gasteiger partial charge in [-0.05, 0) is 55.5 Å². The lowest BCUT2D eigenvalue weighted by atomic mass is 9.85. The lowest BCUT2D eigenvalue weighted by molar-refractivity contribution is -0.126. The van der Waals surface area contributed by atoms with Gasteiger partial charge in [0.05, 0.1) is 5.52 Å². The highest BCUT2D eigenvalue weighted by atomic mass is 35.5. The van der Waals surface area contributed by atoms with Crippen molar-refractivity contribution in [2.24, 2.45) is 5.92 Å². The SMILES string of the molecule is CN(C)c1nc(NC2CCC(C(=O)NCc3cc(Cl)cc(Cl)c3)CC2)nc2cc(F)c(F)cc12. The second kappa shape index (κ2) is 10.3. The van der Waals surface area contributed by atoms with Gasteiger partial charge in [0.2, 0.25) is 11.9 Å². The molecule has 0 bridgehead atoms. The van der Waals surface area contributed by atoms with E-state index in [-0.39, 0.29) is 17.9 Å². The average Bonchev–Trinajstić information content (AvgIpc) is 2.78. The van der Waals surface area contributed by atoms with Gasteiger partial charge in [0.1, 0.15) is 5.82 Å². The van der Waals surface area contributed by atoms with E-state index in [1.807, 2.05) is 0 Å². The van der Waals surface area contributed by atoms with Crippen LogP contribution in [0.25, 0.3) is 10.9 Å². The largest absolute Gasteiger partial charge is 0.362 e. The predicted molar refractivity (Wildman–Crippen MR) is 131 cm³/mol. The predicted octanol–water partition coefficient (Wildman–Crippen LogP) is 5.57. The normalized spacial score (nSPS) is 18.1. The van der Waals surface area contributed by atoms with Crippen molar-refractivity contribution in [3.8, 4) is 0 Å². The summed E-state index contributed by atoms with van der Waals surface area (Å²) >= 11 is 12.0. The van der Waals surface area contributed by atoms with Gasteiger partial charge >= 0.3 is 0 Å². The first-order chi connectivity index (χ1) is 16.2. The van der Waals surface area contributed by atoms with Crippen molar-refractivity contribution >= 4 is 51.8 Å². The monoisotopic (exact) mass is 507 g/mol. The van der Waals surface area contributed by atoms with E-state index in [2.05, 4.69) is 20.6 Å². The van der Waals surface area contributed by atoms with Gasteiger partial charge in [-0.1, -0.05) is 23.2 Å². The minimum absolute atomic E-state index is 0.00361. The number of hydrogen-bond donors (Lipinski definition) is 2. The Morgan fingerprint density at radius 2 is 1.65 bits per heavy atom. The van der Waals surface area contributed by atoms with Gasteiger partial charge in [-0.25, -0.2) is 13.8 Å². The highest BCUT2D eigenvalue weighted by Gasteiger charge is 2.27. The fourth-order valence-electron chi connectivity index (χ4n) is 4.24. The summed E-state index contributed by atoms with van der Waals surface area (Å²) in [6.45, 7) is 0.368. The number of hydrogen-bond acceptors (Lipinski definition) is 5. The Labute approximate surface area is 206 Å². The van der Waals surface area contributed by atoms with E-state index >= 15 is 0 Å². The molecule has 1 saturated carbocycles. The van der Waals surface area contributed by atoms with Crippen LogP contribution in [0.3, 0.4) is 0 Å². The molecule has 0 aliphatic heterocycles. The first-order valence-corrected chi connectivity index (χ1v) is 11.8. The third-order valence-corrected chi connectivity index (χ3v) is 6.40. The van der Waals surface area contributed by atoms with E-state index in [1.165, 1.54) is 0 Å². The maximum absolute atomic E-state index is 13.8. The molecule has 3 aromatic rings. The molecule has 1 amide bonds. The Hall–Kier alpha value is -2.71. The highest BCUT2D eigenvalue weighted by molar-refractivity contribution is 6.34. The molecule has 0 radical (unpaired) electrons. The minimum atomic E-state index is -0.951. The third-order valence-electron chi connectivity index (χ3n) is 5.96. The van der Waals surface area contributed by atoms with Crippen LogP contribution in [0.2, 0.25) is 10.0 Å². The fourth-order valence-corrected chi connectivity index (χ4v) is 4.81. The van der Waals surface area contributed by atoms with Crippen LogP contribution < -0.4 is 15.5 Å². The number of carbonyl (C=O) groups excluding carboxylic acids is 1. The summed E-state index contributed by atoms with van der Waals surface area (Å²) in [6.07, 6.45) is 2.95. The van der Waals surface area contributed by atoms with Crippen LogP contribution in [0.4, 0.5) is 20.5 Å². The van der Waals surface area contributed by atoms with Crippen LogP contribution in [-0.2, 0) is 11.3 Å².